The molecule has 2 aromatic carbocycles. The minimum Gasteiger partial charge on any atom is -0.497 e. The van der Waals surface area contributed by atoms with Gasteiger partial charge in [-0.05, 0) is 55.8 Å². The zero-order valence-electron chi connectivity index (χ0n) is 21.0. The van der Waals surface area contributed by atoms with Crippen molar-refractivity contribution in [2.75, 3.05) is 17.7 Å². The molecule has 2 heterocycles. The Labute approximate surface area is 217 Å². The standard InChI is InChI=1S/C26H28FN7O4/c1-4-34-21-10-7-17(11-16(21)13-29-34)31-24-19(23(28)35)12-20(27)25(33-24)32-22(14(2)30-26(36)37)15-5-8-18(38-3)9-6-15/h5-14,22,30H,4H2,1-3H3,(H2,28,35)(H,36,37)(H2,31,32,33)/t14-,22+/m0/s1. The van der Waals surface area contributed by atoms with E-state index in [4.69, 9.17) is 10.5 Å². The molecule has 2 amide bonds. The number of carboxylic acid groups (broad SMARTS) is 1. The van der Waals surface area contributed by atoms with E-state index in [9.17, 15) is 14.7 Å². The summed E-state index contributed by atoms with van der Waals surface area (Å²) in [6.45, 7) is 4.33. The molecule has 0 saturated carbocycles. The highest BCUT2D eigenvalue weighted by Gasteiger charge is 2.25. The Kier molecular flexibility index (Phi) is 7.61. The molecular formula is C26H28FN7O4. The Hall–Kier alpha value is -4.87. The van der Waals surface area contributed by atoms with E-state index in [0.29, 0.717) is 23.5 Å². The van der Waals surface area contributed by atoms with Gasteiger partial charge in [0.05, 0.1) is 36.5 Å². The van der Waals surface area contributed by atoms with Crippen LogP contribution in [0.25, 0.3) is 10.9 Å². The zero-order chi connectivity index (χ0) is 27.4. The number of ether oxygens (including phenoxy) is 1. The number of anilines is 3. The first-order valence-corrected chi connectivity index (χ1v) is 11.8. The number of methoxy groups -OCH3 is 1. The number of halogens is 1. The van der Waals surface area contributed by atoms with Gasteiger partial charge in [-0.3, -0.25) is 9.48 Å². The van der Waals surface area contributed by atoms with Crippen molar-refractivity contribution in [2.45, 2.75) is 32.5 Å². The second-order valence-electron chi connectivity index (χ2n) is 8.57. The Morgan fingerprint density at radius 3 is 2.53 bits per heavy atom. The van der Waals surface area contributed by atoms with Gasteiger partial charge < -0.3 is 31.5 Å². The molecule has 6 N–H and O–H groups in total. The fraction of sp³-hybridized carbons (Fsp3) is 0.231. The monoisotopic (exact) mass is 521 g/mol. The second-order valence-corrected chi connectivity index (χ2v) is 8.57. The van der Waals surface area contributed by atoms with Crippen LogP contribution in [0.2, 0.25) is 0 Å². The van der Waals surface area contributed by atoms with Crippen LogP contribution in [-0.4, -0.2) is 45.0 Å². The number of carbonyl (C=O) groups excluding carboxylic acids is 1. The van der Waals surface area contributed by atoms with Gasteiger partial charge >= 0.3 is 6.09 Å². The van der Waals surface area contributed by atoms with Crippen LogP contribution in [0.3, 0.4) is 0 Å². The van der Waals surface area contributed by atoms with Gasteiger partial charge in [0.2, 0.25) is 0 Å². The summed E-state index contributed by atoms with van der Waals surface area (Å²) in [4.78, 5) is 27.8. The van der Waals surface area contributed by atoms with Gasteiger partial charge in [0.25, 0.3) is 5.91 Å². The number of hydrogen-bond donors (Lipinski definition) is 5. The number of nitrogens with one attached hydrogen (secondary N) is 3. The molecule has 0 saturated heterocycles. The van der Waals surface area contributed by atoms with E-state index >= 15 is 4.39 Å². The maximum absolute atomic E-state index is 15.2. The molecule has 12 heteroatoms. The summed E-state index contributed by atoms with van der Waals surface area (Å²) in [6, 6.07) is 12.0. The summed E-state index contributed by atoms with van der Waals surface area (Å²) in [5, 5.41) is 22.9. The number of hydrogen-bond acceptors (Lipinski definition) is 7. The molecule has 2 aromatic heterocycles. The summed E-state index contributed by atoms with van der Waals surface area (Å²) in [6.07, 6.45) is 0.486. The van der Waals surface area contributed by atoms with Gasteiger partial charge in [-0.25, -0.2) is 14.2 Å². The number of aromatic nitrogens is 3. The number of rotatable bonds is 10. The van der Waals surface area contributed by atoms with Crippen LogP contribution in [0.15, 0.2) is 54.7 Å². The molecule has 2 atom stereocenters. The lowest BCUT2D eigenvalue weighted by molar-refractivity contribution is 0.1000. The van der Waals surface area contributed by atoms with Gasteiger partial charge in [-0.2, -0.15) is 5.10 Å². The van der Waals surface area contributed by atoms with Gasteiger partial charge in [0, 0.05) is 17.6 Å². The summed E-state index contributed by atoms with van der Waals surface area (Å²) in [5.41, 5.74) is 7.55. The largest absolute Gasteiger partial charge is 0.497 e. The van der Waals surface area contributed by atoms with Crippen LogP contribution < -0.4 is 26.4 Å². The van der Waals surface area contributed by atoms with Crippen molar-refractivity contribution in [3.8, 4) is 5.75 Å². The number of nitrogens with two attached hydrogens (primary N) is 1. The van der Waals surface area contributed by atoms with Crippen molar-refractivity contribution in [1.29, 1.82) is 0 Å². The topological polar surface area (TPSA) is 156 Å². The first kappa shape index (κ1) is 26.2. The van der Waals surface area contributed by atoms with Crippen LogP contribution in [0.5, 0.6) is 5.75 Å². The number of carbonyl (C=O) groups is 2. The summed E-state index contributed by atoms with van der Waals surface area (Å²) in [7, 11) is 1.53. The van der Waals surface area contributed by atoms with Crippen LogP contribution in [0.1, 0.15) is 35.8 Å². The molecule has 0 unspecified atom stereocenters. The lowest BCUT2D eigenvalue weighted by Gasteiger charge is -2.27. The molecule has 0 aliphatic heterocycles. The third-order valence-electron chi connectivity index (χ3n) is 6.06. The van der Waals surface area contributed by atoms with Crippen molar-refractivity contribution in [3.63, 3.8) is 0 Å². The van der Waals surface area contributed by atoms with Gasteiger partial charge in [-0.15, -0.1) is 0 Å². The van der Waals surface area contributed by atoms with E-state index in [1.807, 2.05) is 23.7 Å². The number of nitrogens with zero attached hydrogens (tertiary/aromatic N) is 3. The summed E-state index contributed by atoms with van der Waals surface area (Å²) >= 11 is 0. The molecule has 0 aliphatic rings. The molecule has 198 valence electrons. The van der Waals surface area contributed by atoms with Crippen LogP contribution in [0, 0.1) is 5.82 Å². The maximum atomic E-state index is 15.2. The van der Waals surface area contributed by atoms with E-state index in [0.717, 1.165) is 17.0 Å². The molecule has 4 aromatic rings. The van der Waals surface area contributed by atoms with E-state index in [1.165, 1.54) is 7.11 Å². The average Bonchev–Trinajstić information content (AvgIpc) is 3.30. The van der Waals surface area contributed by atoms with E-state index in [2.05, 4.69) is 26.0 Å². The van der Waals surface area contributed by atoms with Crippen molar-refractivity contribution >= 4 is 40.2 Å². The Morgan fingerprint density at radius 1 is 1.16 bits per heavy atom. The van der Waals surface area contributed by atoms with Crippen molar-refractivity contribution < 1.29 is 23.8 Å². The molecule has 0 bridgehead atoms. The van der Waals surface area contributed by atoms with Gasteiger partial charge in [0.15, 0.2) is 11.6 Å². The molecule has 38 heavy (non-hydrogen) atoms. The molecule has 0 fully saturated rings. The zero-order valence-corrected chi connectivity index (χ0v) is 21.0. The molecule has 11 nitrogen and oxygen atoms in total. The third kappa shape index (κ3) is 5.59. The average molecular weight is 522 g/mol. The number of primary amides is 1. The first-order chi connectivity index (χ1) is 18.2. The quantitative estimate of drug-likeness (QED) is 0.207. The van der Waals surface area contributed by atoms with Crippen LogP contribution in [-0.2, 0) is 6.54 Å². The highest BCUT2D eigenvalue weighted by Crippen LogP contribution is 2.30. The van der Waals surface area contributed by atoms with Crippen molar-refractivity contribution in [3.05, 3.63) is 71.7 Å². The van der Waals surface area contributed by atoms with Crippen LogP contribution >= 0.6 is 0 Å². The lowest BCUT2D eigenvalue weighted by Crippen LogP contribution is -2.39. The van der Waals surface area contributed by atoms with Gasteiger partial charge in [-0.1, -0.05) is 12.1 Å². The number of pyridine rings is 1. The molecule has 0 spiro atoms. The van der Waals surface area contributed by atoms with Crippen molar-refractivity contribution in [2.24, 2.45) is 5.73 Å². The van der Waals surface area contributed by atoms with Gasteiger partial charge in [0.1, 0.15) is 11.6 Å². The van der Waals surface area contributed by atoms with E-state index < -0.39 is 29.9 Å². The summed E-state index contributed by atoms with van der Waals surface area (Å²) < 4.78 is 22.2. The first-order valence-electron chi connectivity index (χ1n) is 11.8. The predicted molar refractivity (Wildman–Crippen MR) is 141 cm³/mol. The number of benzene rings is 2. The normalized spacial score (nSPS) is 12.5. The molecule has 4 rings (SSSR count). The third-order valence-corrected chi connectivity index (χ3v) is 6.06. The lowest BCUT2D eigenvalue weighted by atomic mass is 10.00. The summed E-state index contributed by atoms with van der Waals surface area (Å²) in [5.74, 6) is -1.24. The fourth-order valence-electron chi connectivity index (χ4n) is 4.16. The Balaban J connectivity index is 1.71. The van der Waals surface area contributed by atoms with E-state index in [1.54, 1.807) is 43.5 Å². The minimum absolute atomic E-state index is 0.0379. The smallest absolute Gasteiger partial charge is 0.404 e. The number of aryl methyl sites for hydroxylation is 1. The molecule has 0 aliphatic carbocycles. The fourth-order valence-corrected chi connectivity index (χ4v) is 4.16. The molecular weight excluding hydrogens is 493 g/mol. The Bertz CT molecular complexity index is 1470. The Morgan fingerprint density at radius 2 is 1.89 bits per heavy atom. The minimum atomic E-state index is -1.24. The molecule has 0 radical (unpaired) electrons. The van der Waals surface area contributed by atoms with Crippen LogP contribution in [0.4, 0.5) is 26.5 Å². The number of amides is 2. The maximum Gasteiger partial charge on any atom is 0.404 e. The number of fused-ring (bicyclic) bond motifs is 1. The predicted octanol–water partition coefficient (Wildman–Crippen LogP) is 4.25. The highest BCUT2D eigenvalue weighted by molar-refractivity contribution is 5.99. The van der Waals surface area contributed by atoms with Crippen molar-refractivity contribution in [1.82, 2.24) is 20.1 Å². The highest BCUT2D eigenvalue weighted by atomic mass is 19.1. The van der Waals surface area contributed by atoms with E-state index in [-0.39, 0.29) is 17.2 Å². The SMILES string of the molecule is CCn1ncc2cc(Nc3nc(N[C@@H](c4ccc(OC)cc4)[C@H](C)NC(=O)O)c(F)cc3C(N)=O)ccc21. The second kappa shape index (κ2) is 11.0.